The van der Waals surface area contributed by atoms with Crippen LogP contribution in [-0.4, -0.2) is 20.1 Å². The Balaban J connectivity index is 2.46. The molecule has 0 fully saturated rings. The first-order valence-electron chi connectivity index (χ1n) is 4.58. The minimum absolute atomic E-state index is 0.345. The lowest BCUT2D eigenvalue weighted by atomic mass is 10.1. The molecule has 0 saturated heterocycles. The van der Waals surface area contributed by atoms with Gasteiger partial charge in [0.25, 0.3) is 0 Å². The largest absolute Gasteiger partial charge is 0.382 e. The summed E-state index contributed by atoms with van der Waals surface area (Å²) in [4.78, 5) is 0. The molecule has 1 N–H and O–H groups in total. The Morgan fingerprint density at radius 3 is 2.75 bits per heavy atom. The molecule has 0 aliphatic carbocycles. The number of aliphatic hydroxyl groups excluding tert-OH is 1. The molecule has 2 aromatic rings. The van der Waals surface area contributed by atoms with Crippen molar-refractivity contribution in [1.29, 1.82) is 0 Å². The van der Waals surface area contributed by atoms with Crippen molar-refractivity contribution in [2.75, 3.05) is 0 Å². The Hall–Kier alpha value is -1.10. The third-order valence-corrected chi connectivity index (χ3v) is 3.14. The second-order valence-corrected chi connectivity index (χ2v) is 4.11. The second kappa shape index (κ2) is 4.41. The van der Waals surface area contributed by atoms with Gasteiger partial charge in [-0.05, 0) is 6.07 Å². The zero-order valence-electron chi connectivity index (χ0n) is 8.43. The van der Waals surface area contributed by atoms with E-state index in [-0.39, 0.29) is 0 Å². The van der Waals surface area contributed by atoms with Crippen LogP contribution < -0.4 is 0 Å². The summed E-state index contributed by atoms with van der Waals surface area (Å²) in [6.45, 7) is 0. The molecule has 0 radical (unpaired) electrons. The number of rotatable bonds is 2. The quantitative estimate of drug-likeness (QED) is 0.898. The van der Waals surface area contributed by atoms with E-state index >= 15 is 0 Å². The highest BCUT2D eigenvalue weighted by atomic mass is 35.5. The average molecular weight is 258 g/mol. The van der Waals surface area contributed by atoms with E-state index in [1.54, 1.807) is 25.2 Å². The highest BCUT2D eigenvalue weighted by Gasteiger charge is 2.18. The summed E-state index contributed by atoms with van der Waals surface area (Å²) >= 11 is 11.9. The Kier molecular flexibility index (Phi) is 3.14. The van der Waals surface area contributed by atoms with E-state index in [0.717, 1.165) is 0 Å². The fourth-order valence-electron chi connectivity index (χ4n) is 1.44. The van der Waals surface area contributed by atoms with E-state index in [1.807, 2.05) is 0 Å². The summed E-state index contributed by atoms with van der Waals surface area (Å²) in [6, 6.07) is 5.12. The number of aryl methyl sites for hydroxylation is 1. The van der Waals surface area contributed by atoms with Crippen LogP contribution in [0.3, 0.4) is 0 Å². The van der Waals surface area contributed by atoms with Gasteiger partial charge in [-0.1, -0.05) is 40.5 Å². The SMILES string of the molecule is Cn1nncc1C(O)c1cccc(Cl)c1Cl. The third kappa shape index (κ3) is 1.91. The number of hydrogen-bond acceptors (Lipinski definition) is 3. The maximum Gasteiger partial charge on any atom is 0.124 e. The Morgan fingerprint density at radius 2 is 2.12 bits per heavy atom. The van der Waals surface area contributed by atoms with Crippen molar-refractivity contribution in [3.8, 4) is 0 Å². The first-order chi connectivity index (χ1) is 7.61. The molecule has 1 atom stereocenters. The van der Waals surface area contributed by atoms with Gasteiger partial charge >= 0.3 is 0 Å². The predicted molar refractivity (Wildman–Crippen MR) is 61.5 cm³/mol. The van der Waals surface area contributed by atoms with Crippen molar-refractivity contribution in [2.45, 2.75) is 6.10 Å². The van der Waals surface area contributed by atoms with Crippen LogP contribution in [0.25, 0.3) is 0 Å². The van der Waals surface area contributed by atoms with Gasteiger partial charge in [-0.15, -0.1) is 5.10 Å². The van der Waals surface area contributed by atoms with Crippen LogP contribution in [0.5, 0.6) is 0 Å². The molecule has 2 rings (SSSR count). The van der Waals surface area contributed by atoms with E-state index in [4.69, 9.17) is 23.2 Å². The number of benzene rings is 1. The molecule has 4 nitrogen and oxygen atoms in total. The molecule has 0 aliphatic heterocycles. The van der Waals surface area contributed by atoms with Crippen molar-refractivity contribution in [3.63, 3.8) is 0 Å². The topological polar surface area (TPSA) is 50.9 Å². The van der Waals surface area contributed by atoms with Gasteiger partial charge in [-0.25, -0.2) is 4.68 Å². The van der Waals surface area contributed by atoms with E-state index in [0.29, 0.717) is 21.3 Å². The monoisotopic (exact) mass is 257 g/mol. The number of nitrogens with zero attached hydrogens (tertiary/aromatic N) is 3. The third-order valence-electron chi connectivity index (χ3n) is 2.31. The van der Waals surface area contributed by atoms with E-state index in [1.165, 1.54) is 10.9 Å². The maximum atomic E-state index is 10.1. The smallest absolute Gasteiger partial charge is 0.124 e. The molecule has 0 bridgehead atoms. The second-order valence-electron chi connectivity index (χ2n) is 3.33. The van der Waals surface area contributed by atoms with Crippen LogP contribution in [0.1, 0.15) is 17.4 Å². The molecule has 1 heterocycles. The van der Waals surface area contributed by atoms with Crippen molar-refractivity contribution >= 4 is 23.2 Å². The molecule has 0 saturated carbocycles. The van der Waals surface area contributed by atoms with Gasteiger partial charge < -0.3 is 5.11 Å². The Morgan fingerprint density at radius 1 is 1.38 bits per heavy atom. The fourth-order valence-corrected chi connectivity index (χ4v) is 1.85. The lowest BCUT2D eigenvalue weighted by Crippen LogP contribution is -2.07. The molecule has 0 amide bonds. The minimum Gasteiger partial charge on any atom is -0.382 e. The van der Waals surface area contributed by atoms with Gasteiger partial charge in [0.1, 0.15) is 6.10 Å². The van der Waals surface area contributed by atoms with Gasteiger partial charge in [0, 0.05) is 12.6 Å². The van der Waals surface area contributed by atoms with Crippen molar-refractivity contribution in [1.82, 2.24) is 15.0 Å². The lowest BCUT2D eigenvalue weighted by Gasteiger charge is -2.12. The minimum atomic E-state index is -0.883. The lowest BCUT2D eigenvalue weighted by molar-refractivity contribution is 0.210. The van der Waals surface area contributed by atoms with Crippen molar-refractivity contribution in [2.24, 2.45) is 7.05 Å². The summed E-state index contributed by atoms with van der Waals surface area (Å²) in [6.07, 6.45) is 0.605. The number of aliphatic hydroxyl groups is 1. The summed E-state index contributed by atoms with van der Waals surface area (Å²) in [5.41, 5.74) is 1.10. The molecule has 0 spiro atoms. The summed E-state index contributed by atoms with van der Waals surface area (Å²) in [5, 5.41) is 18.3. The average Bonchev–Trinajstić information content (AvgIpc) is 2.68. The number of halogens is 2. The molecule has 1 aromatic carbocycles. The van der Waals surface area contributed by atoms with Crippen molar-refractivity contribution in [3.05, 3.63) is 45.7 Å². The summed E-state index contributed by atoms with van der Waals surface area (Å²) < 4.78 is 1.49. The zero-order chi connectivity index (χ0) is 11.7. The van der Waals surface area contributed by atoms with Gasteiger partial charge in [-0.2, -0.15) is 0 Å². The normalized spacial score (nSPS) is 12.8. The zero-order valence-corrected chi connectivity index (χ0v) is 9.94. The van der Waals surface area contributed by atoms with E-state index < -0.39 is 6.10 Å². The molecule has 84 valence electrons. The standard InChI is InChI=1S/C10H9Cl2N3O/c1-15-8(5-13-14-15)10(16)6-3-2-4-7(11)9(6)12/h2-5,10,16H,1H3. The van der Waals surface area contributed by atoms with Crippen molar-refractivity contribution < 1.29 is 5.11 Å². The highest BCUT2D eigenvalue weighted by molar-refractivity contribution is 6.42. The molecule has 0 aliphatic rings. The van der Waals surface area contributed by atoms with Crippen LogP contribution in [0.15, 0.2) is 24.4 Å². The van der Waals surface area contributed by atoms with E-state index in [2.05, 4.69) is 10.3 Å². The highest BCUT2D eigenvalue weighted by Crippen LogP contribution is 2.32. The van der Waals surface area contributed by atoms with E-state index in [9.17, 15) is 5.11 Å². The Labute approximate surface area is 102 Å². The first kappa shape index (κ1) is 11.4. The molecular formula is C10H9Cl2N3O. The van der Waals surface area contributed by atoms with Gasteiger partial charge in [0.05, 0.1) is 21.9 Å². The molecular weight excluding hydrogens is 249 g/mol. The number of hydrogen-bond donors (Lipinski definition) is 1. The fraction of sp³-hybridized carbons (Fsp3) is 0.200. The van der Waals surface area contributed by atoms with Gasteiger partial charge in [0.2, 0.25) is 0 Å². The Bertz CT molecular complexity index is 513. The summed E-state index contributed by atoms with van der Waals surface area (Å²) in [7, 11) is 1.70. The van der Waals surface area contributed by atoms with Crippen LogP contribution in [0, 0.1) is 0 Å². The summed E-state index contributed by atoms with van der Waals surface area (Å²) in [5.74, 6) is 0. The first-order valence-corrected chi connectivity index (χ1v) is 5.33. The van der Waals surface area contributed by atoms with Crippen LogP contribution in [0.2, 0.25) is 10.0 Å². The number of aromatic nitrogens is 3. The predicted octanol–water partition coefficient (Wildman–Crippen LogP) is 2.20. The van der Waals surface area contributed by atoms with Crippen LogP contribution in [-0.2, 0) is 7.05 Å². The molecule has 6 heteroatoms. The van der Waals surface area contributed by atoms with Gasteiger partial charge in [0.15, 0.2) is 0 Å². The maximum absolute atomic E-state index is 10.1. The van der Waals surface area contributed by atoms with Gasteiger partial charge in [-0.3, -0.25) is 0 Å². The molecule has 16 heavy (non-hydrogen) atoms. The molecule has 1 aromatic heterocycles. The molecule has 1 unspecified atom stereocenters. The van der Waals surface area contributed by atoms with Crippen LogP contribution in [0.4, 0.5) is 0 Å². The van der Waals surface area contributed by atoms with Crippen LogP contribution >= 0.6 is 23.2 Å².